The number of benzene rings is 1. The Kier molecular flexibility index (Phi) is 36.7. The zero-order chi connectivity index (χ0) is 36.3. The Morgan fingerprint density at radius 3 is 2.00 bits per heavy atom. The molecule has 1 aromatic rings. The van der Waals surface area contributed by atoms with Crippen molar-refractivity contribution in [1.29, 1.82) is 0 Å². The van der Waals surface area contributed by atoms with Gasteiger partial charge in [-0.15, -0.1) is 10.1 Å². The molecule has 47 heavy (non-hydrogen) atoms. The van der Waals surface area contributed by atoms with Gasteiger partial charge in [-0.05, 0) is 77.0 Å². The highest BCUT2D eigenvalue weighted by Gasteiger charge is 2.15. The number of aldehydes is 1. The van der Waals surface area contributed by atoms with E-state index in [9.17, 15) is 29.6 Å². The summed E-state index contributed by atoms with van der Waals surface area (Å²) in [6, 6.07) is 6.49. The van der Waals surface area contributed by atoms with Gasteiger partial charge in [0.05, 0.1) is 6.10 Å². The van der Waals surface area contributed by atoms with Gasteiger partial charge in [-0.3, -0.25) is 9.59 Å². The lowest BCUT2D eigenvalue weighted by molar-refractivity contribution is -0.763. The average Bonchev–Trinajstić information content (AvgIpc) is 3.07. The number of hydrogen-bond acceptors (Lipinski definition) is 9. The SMILES string of the molecule is C/C=C\CCCC=O.CC.CCCCCCCC(=O)CCC(CCC)C(C)O.CNC(C)C(=O)OCc1ccc(CO[N+](=O)[O-])cc1. The van der Waals surface area contributed by atoms with Crippen molar-refractivity contribution in [2.24, 2.45) is 5.92 Å². The Labute approximate surface area is 285 Å². The monoisotopic (exact) mass is 666 g/mol. The van der Waals surface area contributed by atoms with E-state index < -0.39 is 5.09 Å². The third kappa shape index (κ3) is 32.6. The fourth-order valence-corrected chi connectivity index (χ4v) is 4.14. The molecule has 0 saturated heterocycles. The van der Waals surface area contributed by atoms with E-state index in [-0.39, 0.29) is 31.3 Å². The molecule has 272 valence electrons. The Bertz CT molecular complexity index is 919. The predicted octanol–water partition coefficient (Wildman–Crippen LogP) is 8.50. The summed E-state index contributed by atoms with van der Waals surface area (Å²) in [4.78, 5) is 47.2. The van der Waals surface area contributed by atoms with E-state index >= 15 is 0 Å². The van der Waals surface area contributed by atoms with Crippen LogP contribution in [-0.2, 0) is 37.2 Å². The molecule has 0 aliphatic carbocycles. The van der Waals surface area contributed by atoms with Gasteiger partial charge in [-0.25, -0.2) is 0 Å². The number of likely N-dealkylation sites (N-methyl/N-ethyl adjacent to an activating group) is 1. The van der Waals surface area contributed by atoms with Gasteiger partial charge in [0.15, 0.2) is 0 Å². The van der Waals surface area contributed by atoms with E-state index in [1.54, 1.807) is 38.2 Å². The summed E-state index contributed by atoms with van der Waals surface area (Å²) in [5.41, 5.74) is 1.48. The number of nitrogens with zero attached hydrogens (tertiary/aromatic N) is 1. The minimum atomic E-state index is -0.838. The Morgan fingerprint density at radius 2 is 1.51 bits per heavy atom. The first-order valence-corrected chi connectivity index (χ1v) is 17.5. The zero-order valence-corrected chi connectivity index (χ0v) is 30.6. The van der Waals surface area contributed by atoms with Crippen LogP contribution < -0.4 is 5.32 Å². The van der Waals surface area contributed by atoms with Crippen molar-refractivity contribution in [3.05, 3.63) is 57.7 Å². The molecule has 0 heterocycles. The summed E-state index contributed by atoms with van der Waals surface area (Å²) in [7, 11) is 1.68. The number of Topliss-reactive ketones (excluding diaryl/α,β-unsaturated/α-hetero) is 1. The van der Waals surface area contributed by atoms with E-state index in [4.69, 9.17) is 4.74 Å². The number of ketones is 1. The van der Waals surface area contributed by atoms with Gasteiger partial charge in [0.2, 0.25) is 0 Å². The second-order valence-corrected chi connectivity index (χ2v) is 11.1. The number of aliphatic hydroxyl groups excluding tert-OH is 1. The molecule has 1 aromatic carbocycles. The minimum Gasteiger partial charge on any atom is -0.460 e. The number of carbonyl (C=O) groups is 3. The Balaban J connectivity index is -0.000000645. The maximum atomic E-state index is 11.7. The molecule has 3 unspecified atom stereocenters. The van der Waals surface area contributed by atoms with Crippen molar-refractivity contribution in [3.63, 3.8) is 0 Å². The molecule has 10 nitrogen and oxygen atoms in total. The molecule has 0 aliphatic rings. The molecule has 0 spiro atoms. The van der Waals surface area contributed by atoms with Gasteiger partial charge in [0.25, 0.3) is 5.09 Å². The van der Waals surface area contributed by atoms with Crippen molar-refractivity contribution in [2.45, 2.75) is 157 Å². The van der Waals surface area contributed by atoms with Crippen LogP contribution in [0.3, 0.4) is 0 Å². The van der Waals surface area contributed by atoms with Gasteiger partial charge in [0.1, 0.15) is 31.3 Å². The maximum absolute atomic E-state index is 11.7. The van der Waals surface area contributed by atoms with Crippen LogP contribution in [-0.4, -0.2) is 47.4 Å². The van der Waals surface area contributed by atoms with E-state index in [0.29, 0.717) is 30.1 Å². The van der Waals surface area contributed by atoms with Crippen LogP contribution in [0.4, 0.5) is 0 Å². The van der Waals surface area contributed by atoms with Crippen molar-refractivity contribution >= 4 is 18.0 Å². The molecule has 0 aliphatic heterocycles. The Hall–Kier alpha value is -3.11. The fourth-order valence-electron chi connectivity index (χ4n) is 4.14. The number of hydrogen-bond donors (Lipinski definition) is 2. The summed E-state index contributed by atoms with van der Waals surface area (Å²) in [5, 5.41) is 21.6. The Morgan fingerprint density at radius 1 is 0.915 bits per heavy atom. The number of ether oxygens (including phenoxy) is 1. The molecule has 0 aromatic heterocycles. The van der Waals surface area contributed by atoms with Crippen LogP contribution in [0.2, 0.25) is 0 Å². The molecular formula is C37H66N2O8. The van der Waals surface area contributed by atoms with Crippen LogP contribution in [0, 0.1) is 16.0 Å². The molecule has 10 heteroatoms. The molecular weight excluding hydrogens is 600 g/mol. The number of esters is 1. The van der Waals surface area contributed by atoms with Crippen LogP contribution in [0.1, 0.15) is 143 Å². The highest BCUT2D eigenvalue weighted by molar-refractivity contribution is 5.78. The third-order valence-corrected chi connectivity index (χ3v) is 7.15. The predicted molar refractivity (Wildman–Crippen MR) is 190 cm³/mol. The van der Waals surface area contributed by atoms with Gasteiger partial charge < -0.3 is 24.8 Å². The lowest BCUT2D eigenvalue weighted by atomic mass is 9.91. The van der Waals surface area contributed by atoms with Crippen molar-refractivity contribution in [3.8, 4) is 0 Å². The normalized spacial score (nSPS) is 12.1. The maximum Gasteiger partial charge on any atom is 0.323 e. The average molecular weight is 667 g/mol. The first kappa shape index (κ1) is 48.3. The largest absolute Gasteiger partial charge is 0.460 e. The summed E-state index contributed by atoms with van der Waals surface area (Å²) in [5.74, 6) is 0.357. The van der Waals surface area contributed by atoms with Crippen molar-refractivity contribution < 1.29 is 34.2 Å². The summed E-state index contributed by atoms with van der Waals surface area (Å²) >= 11 is 0. The van der Waals surface area contributed by atoms with E-state index in [2.05, 4.69) is 30.1 Å². The van der Waals surface area contributed by atoms with Crippen LogP contribution in [0.5, 0.6) is 0 Å². The minimum absolute atomic E-state index is 0.0934. The summed E-state index contributed by atoms with van der Waals surface area (Å²) in [6.45, 7) is 13.9. The van der Waals surface area contributed by atoms with E-state index in [1.165, 1.54) is 25.7 Å². The van der Waals surface area contributed by atoms with E-state index in [1.807, 2.05) is 33.8 Å². The standard InChI is InChI=1S/C16H32O2.C12H16N2O5.C7H12O.C2H6/c1-4-6-7-8-9-11-16(18)13-12-15(10-5-2)14(3)17;1-9(13-2)12(15)18-7-10-3-5-11(6-4-10)8-19-14(16)17;1-2-3-4-5-6-7-8;1-2/h14-15,17H,4-13H2,1-3H3;3-6,9,13H,7-8H2,1-2H3;2-3,7H,4-6H2,1H3;1-2H3/b;;3-2-;. The van der Waals surface area contributed by atoms with Gasteiger partial charge in [0, 0.05) is 19.3 Å². The van der Waals surface area contributed by atoms with Gasteiger partial charge in [-0.1, -0.05) is 96.2 Å². The van der Waals surface area contributed by atoms with Crippen LogP contribution in [0.25, 0.3) is 0 Å². The number of unbranched alkanes of at least 4 members (excludes halogenated alkanes) is 6. The first-order valence-electron chi connectivity index (χ1n) is 17.5. The summed E-state index contributed by atoms with van der Waals surface area (Å²) in [6.07, 6.45) is 17.9. The van der Waals surface area contributed by atoms with Crippen LogP contribution >= 0.6 is 0 Å². The fraction of sp³-hybridized carbons (Fsp3) is 0.703. The zero-order valence-electron chi connectivity index (χ0n) is 30.6. The molecule has 0 radical (unpaired) electrons. The van der Waals surface area contributed by atoms with E-state index in [0.717, 1.165) is 56.8 Å². The van der Waals surface area contributed by atoms with Gasteiger partial charge in [-0.2, -0.15) is 0 Å². The highest BCUT2D eigenvalue weighted by Crippen LogP contribution is 2.19. The van der Waals surface area contributed by atoms with Gasteiger partial charge >= 0.3 is 5.97 Å². The lowest BCUT2D eigenvalue weighted by Gasteiger charge is -2.18. The second kappa shape index (κ2) is 35.7. The van der Waals surface area contributed by atoms with Crippen molar-refractivity contribution in [1.82, 2.24) is 5.32 Å². The van der Waals surface area contributed by atoms with Crippen LogP contribution in [0.15, 0.2) is 36.4 Å². The third-order valence-electron chi connectivity index (χ3n) is 7.15. The molecule has 1 rings (SSSR count). The quantitative estimate of drug-likeness (QED) is 0.0293. The molecule has 0 fully saturated rings. The molecule has 0 amide bonds. The number of rotatable bonds is 23. The summed E-state index contributed by atoms with van der Waals surface area (Å²) < 4.78 is 5.08. The lowest BCUT2D eigenvalue weighted by Crippen LogP contribution is -2.32. The number of aliphatic hydroxyl groups is 1. The second-order valence-electron chi connectivity index (χ2n) is 11.1. The number of carbonyl (C=O) groups excluding carboxylic acids is 3. The first-order chi connectivity index (χ1) is 22.6. The topological polar surface area (TPSA) is 145 Å². The molecule has 2 N–H and O–H groups in total. The van der Waals surface area contributed by atoms with Crippen molar-refractivity contribution in [2.75, 3.05) is 7.05 Å². The number of allylic oxidation sites excluding steroid dienone is 2. The molecule has 0 saturated carbocycles. The highest BCUT2D eigenvalue weighted by atomic mass is 16.9. The number of nitrogens with one attached hydrogen (secondary N) is 1. The smallest absolute Gasteiger partial charge is 0.323 e. The molecule has 0 bridgehead atoms. The molecule has 3 atom stereocenters.